The number of carbonyl (C=O) groups excluding carboxylic acids is 1. The van der Waals surface area contributed by atoms with Crippen molar-refractivity contribution in [2.45, 2.75) is 18.9 Å². The molecule has 128 valence electrons. The zero-order valence-corrected chi connectivity index (χ0v) is 14.1. The Kier molecular flexibility index (Phi) is 4.69. The molecule has 6 heteroatoms. The highest BCUT2D eigenvalue weighted by molar-refractivity contribution is 5.91. The summed E-state index contributed by atoms with van der Waals surface area (Å²) in [6.07, 6.45) is 3.93. The van der Waals surface area contributed by atoms with Crippen molar-refractivity contribution in [3.63, 3.8) is 0 Å². The van der Waals surface area contributed by atoms with Gasteiger partial charge in [0.15, 0.2) is 5.82 Å². The third kappa shape index (κ3) is 3.20. The minimum Gasteiger partial charge on any atom is -0.393 e. The van der Waals surface area contributed by atoms with E-state index in [1.165, 1.54) is 0 Å². The van der Waals surface area contributed by atoms with Gasteiger partial charge in [0.1, 0.15) is 5.60 Å². The molecule has 1 aliphatic rings. The first-order valence-corrected chi connectivity index (χ1v) is 8.10. The molecule has 24 heavy (non-hydrogen) atoms. The molecule has 0 aliphatic carbocycles. The molecule has 0 saturated carbocycles. The number of aromatic nitrogens is 2. The molecule has 3 rings (SSSR count). The van der Waals surface area contributed by atoms with E-state index in [4.69, 9.17) is 4.74 Å². The first kappa shape index (κ1) is 16.7. The molecular weight excluding hydrogens is 306 g/mol. The molecule has 1 aromatic heterocycles. The monoisotopic (exact) mass is 329 g/mol. The van der Waals surface area contributed by atoms with Crippen LogP contribution in [0.15, 0.2) is 36.7 Å². The average Bonchev–Trinajstić information content (AvgIpc) is 3.02. The summed E-state index contributed by atoms with van der Waals surface area (Å²) in [7, 11) is 1.80. The summed E-state index contributed by atoms with van der Waals surface area (Å²) in [6, 6.07) is 8.05. The lowest BCUT2D eigenvalue weighted by atomic mass is 9.91. The second-order valence-electron chi connectivity index (χ2n) is 6.38. The lowest BCUT2D eigenvalue weighted by Gasteiger charge is -2.42. The molecule has 0 spiro atoms. The van der Waals surface area contributed by atoms with Gasteiger partial charge in [-0.25, -0.2) is 4.98 Å². The second-order valence-corrected chi connectivity index (χ2v) is 6.38. The molecule has 1 saturated heterocycles. The SMILES string of the molecule is Cc1ccccc1C[C@@]1(CO)CN(C(=O)c2nccn2C)CCO1. The van der Waals surface area contributed by atoms with Crippen LogP contribution in [-0.4, -0.2) is 57.4 Å². The normalized spacial score (nSPS) is 21.0. The van der Waals surface area contributed by atoms with Gasteiger partial charge >= 0.3 is 0 Å². The molecule has 0 radical (unpaired) electrons. The maximum atomic E-state index is 12.7. The Morgan fingerprint density at radius 3 is 2.88 bits per heavy atom. The van der Waals surface area contributed by atoms with E-state index in [2.05, 4.69) is 4.98 Å². The van der Waals surface area contributed by atoms with Crippen molar-refractivity contribution < 1.29 is 14.6 Å². The van der Waals surface area contributed by atoms with Crippen LogP contribution in [0.25, 0.3) is 0 Å². The van der Waals surface area contributed by atoms with Crippen LogP contribution in [0.4, 0.5) is 0 Å². The predicted molar refractivity (Wildman–Crippen MR) is 89.8 cm³/mol. The van der Waals surface area contributed by atoms with Gasteiger partial charge in [0.2, 0.25) is 0 Å². The maximum Gasteiger partial charge on any atom is 0.290 e. The standard InChI is InChI=1S/C18H23N3O3/c1-14-5-3-4-6-15(14)11-18(13-22)12-21(9-10-24-18)17(23)16-19-7-8-20(16)2/h3-8,22H,9-13H2,1-2H3/t18-/m0/s1. The number of benzene rings is 1. The molecule has 1 fully saturated rings. The van der Waals surface area contributed by atoms with Crippen molar-refractivity contribution in [2.75, 3.05) is 26.3 Å². The zero-order chi connectivity index (χ0) is 17.2. The molecule has 6 nitrogen and oxygen atoms in total. The van der Waals surface area contributed by atoms with Gasteiger partial charge in [0, 0.05) is 32.4 Å². The zero-order valence-electron chi connectivity index (χ0n) is 14.1. The van der Waals surface area contributed by atoms with Gasteiger partial charge in [0.25, 0.3) is 5.91 Å². The van der Waals surface area contributed by atoms with Crippen molar-refractivity contribution in [3.05, 3.63) is 53.6 Å². The fraction of sp³-hybridized carbons (Fsp3) is 0.444. The van der Waals surface area contributed by atoms with Gasteiger partial charge < -0.3 is 19.3 Å². The van der Waals surface area contributed by atoms with Crippen LogP contribution < -0.4 is 0 Å². The number of ether oxygens (including phenoxy) is 1. The molecule has 2 aromatic rings. The minimum absolute atomic E-state index is 0.131. The number of morpholine rings is 1. The van der Waals surface area contributed by atoms with Crippen LogP contribution in [0.2, 0.25) is 0 Å². The number of nitrogens with zero attached hydrogens (tertiary/aromatic N) is 3. The van der Waals surface area contributed by atoms with Crippen LogP contribution in [0.5, 0.6) is 0 Å². The Bertz CT molecular complexity index is 728. The summed E-state index contributed by atoms with van der Waals surface area (Å²) in [6.45, 7) is 3.17. The van der Waals surface area contributed by atoms with Crippen molar-refractivity contribution in [1.29, 1.82) is 0 Å². The maximum absolute atomic E-state index is 12.7. The van der Waals surface area contributed by atoms with Crippen LogP contribution >= 0.6 is 0 Å². The quantitative estimate of drug-likeness (QED) is 0.914. The summed E-state index contributed by atoms with van der Waals surface area (Å²) in [5.74, 6) is 0.271. The Labute approximate surface area is 141 Å². The third-order valence-electron chi connectivity index (χ3n) is 4.61. The highest BCUT2D eigenvalue weighted by Gasteiger charge is 2.39. The van der Waals surface area contributed by atoms with Crippen LogP contribution in [0.1, 0.15) is 21.7 Å². The summed E-state index contributed by atoms with van der Waals surface area (Å²) in [4.78, 5) is 18.6. The number of carbonyl (C=O) groups is 1. The fourth-order valence-electron chi connectivity index (χ4n) is 3.15. The number of aryl methyl sites for hydroxylation is 2. The van der Waals surface area contributed by atoms with Gasteiger partial charge in [-0.3, -0.25) is 4.79 Å². The van der Waals surface area contributed by atoms with Crippen LogP contribution in [0, 0.1) is 6.92 Å². The predicted octanol–water partition coefficient (Wildman–Crippen LogP) is 1.17. The molecule has 1 aliphatic heterocycles. The molecule has 1 atom stereocenters. The number of hydrogen-bond donors (Lipinski definition) is 1. The van der Waals surface area contributed by atoms with E-state index >= 15 is 0 Å². The Balaban J connectivity index is 1.81. The van der Waals surface area contributed by atoms with E-state index in [1.807, 2.05) is 31.2 Å². The lowest BCUT2D eigenvalue weighted by Crippen LogP contribution is -2.57. The third-order valence-corrected chi connectivity index (χ3v) is 4.61. The number of amides is 1. The van der Waals surface area contributed by atoms with Crippen molar-refractivity contribution in [3.8, 4) is 0 Å². The topological polar surface area (TPSA) is 67.6 Å². The van der Waals surface area contributed by atoms with Gasteiger partial charge in [-0.15, -0.1) is 0 Å². The number of aliphatic hydroxyl groups is 1. The highest BCUT2D eigenvalue weighted by atomic mass is 16.5. The highest BCUT2D eigenvalue weighted by Crippen LogP contribution is 2.25. The van der Waals surface area contributed by atoms with E-state index in [0.717, 1.165) is 11.1 Å². The van der Waals surface area contributed by atoms with E-state index in [-0.39, 0.29) is 12.5 Å². The van der Waals surface area contributed by atoms with E-state index in [0.29, 0.717) is 31.9 Å². The van der Waals surface area contributed by atoms with E-state index < -0.39 is 5.60 Å². The van der Waals surface area contributed by atoms with Crippen LogP contribution in [0.3, 0.4) is 0 Å². The molecular formula is C18H23N3O3. The number of rotatable bonds is 4. The first-order valence-electron chi connectivity index (χ1n) is 8.10. The molecule has 1 amide bonds. The second kappa shape index (κ2) is 6.75. The minimum atomic E-state index is -0.773. The molecule has 1 aromatic carbocycles. The van der Waals surface area contributed by atoms with Gasteiger partial charge in [-0.2, -0.15) is 0 Å². The largest absolute Gasteiger partial charge is 0.393 e. The summed E-state index contributed by atoms with van der Waals surface area (Å²) >= 11 is 0. The molecule has 0 bridgehead atoms. The van der Waals surface area contributed by atoms with Crippen molar-refractivity contribution in [2.24, 2.45) is 7.05 Å². The Morgan fingerprint density at radius 2 is 2.21 bits per heavy atom. The summed E-state index contributed by atoms with van der Waals surface area (Å²) in [5.41, 5.74) is 1.50. The van der Waals surface area contributed by atoms with E-state index in [1.54, 1.807) is 28.9 Å². The fourth-order valence-corrected chi connectivity index (χ4v) is 3.15. The lowest BCUT2D eigenvalue weighted by molar-refractivity contribution is -0.123. The number of imidazole rings is 1. The van der Waals surface area contributed by atoms with Crippen molar-refractivity contribution >= 4 is 5.91 Å². The smallest absolute Gasteiger partial charge is 0.290 e. The van der Waals surface area contributed by atoms with Gasteiger partial charge in [-0.05, 0) is 18.1 Å². The Hall–Kier alpha value is -2.18. The number of hydrogen-bond acceptors (Lipinski definition) is 4. The van der Waals surface area contributed by atoms with E-state index in [9.17, 15) is 9.90 Å². The summed E-state index contributed by atoms with van der Waals surface area (Å²) in [5, 5.41) is 9.99. The molecule has 1 N–H and O–H groups in total. The summed E-state index contributed by atoms with van der Waals surface area (Å²) < 4.78 is 7.64. The average molecular weight is 329 g/mol. The van der Waals surface area contributed by atoms with Gasteiger partial charge in [-0.1, -0.05) is 24.3 Å². The van der Waals surface area contributed by atoms with Crippen LogP contribution in [-0.2, 0) is 18.2 Å². The number of aliphatic hydroxyl groups excluding tert-OH is 1. The van der Waals surface area contributed by atoms with Gasteiger partial charge in [0.05, 0.1) is 19.8 Å². The molecule has 0 unspecified atom stereocenters. The van der Waals surface area contributed by atoms with Crippen molar-refractivity contribution in [1.82, 2.24) is 14.5 Å². The Morgan fingerprint density at radius 1 is 1.42 bits per heavy atom. The first-order chi connectivity index (χ1) is 11.5. The molecule has 2 heterocycles.